The van der Waals surface area contributed by atoms with Gasteiger partial charge in [0.2, 0.25) is 5.91 Å². The second kappa shape index (κ2) is 5.25. The third kappa shape index (κ3) is 3.79. The first kappa shape index (κ1) is 10.6. The van der Waals surface area contributed by atoms with E-state index in [1.54, 1.807) is 0 Å². The van der Waals surface area contributed by atoms with Crippen molar-refractivity contribution in [3.8, 4) is 0 Å². The second-order valence-electron chi connectivity index (χ2n) is 4.47. The fourth-order valence-electron chi connectivity index (χ4n) is 1.81. The monoisotopic (exact) mass is 183 g/mol. The number of carbonyl (C=O) groups excluding carboxylic acids is 1. The van der Waals surface area contributed by atoms with Crippen LogP contribution in [0.2, 0.25) is 0 Å². The molecule has 0 unspecified atom stereocenters. The van der Waals surface area contributed by atoms with Crippen molar-refractivity contribution in [2.24, 2.45) is 11.8 Å². The first-order valence-electron chi connectivity index (χ1n) is 5.48. The lowest BCUT2D eigenvalue weighted by molar-refractivity contribution is -0.126. The van der Waals surface area contributed by atoms with E-state index in [0.29, 0.717) is 11.8 Å². The Morgan fingerprint density at radius 1 is 1.31 bits per heavy atom. The third-order valence-electron chi connectivity index (χ3n) is 2.66. The summed E-state index contributed by atoms with van der Waals surface area (Å²) in [6.07, 6.45) is 5.99. The number of hydrogen-bond donors (Lipinski definition) is 1. The average Bonchev–Trinajstić information content (AvgIpc) is 2.15. The Kier molecular flexibility index (Phi) is 4.26. The minimum atomic E-state index is 0.286. The van der Waals surface area contributed by atoms with Gasteiger partial charge in [-0.25, -0.2) is 0 Å². The molecule has 1 aliphatic rings. The van der Waals surface area contributed by atoms with Gasteiger partial charge in [-0.1, -0.05) is 33.1 Å². The van der Waals surface area contributed by atoms with Crippen LogP contribution in [-0.2, 0) is 4.79 Å². The second-order valence-corrected chi connectivity index (χ2v) is 4.47. The number of amides is 1. The minimum absolute atomic E-state index is 0.286. The third-order valence-corrected chi connectivity index (χ3v) is 2.66. The Morgan fingerprint density at radius 3 is 2.46 bits per heavy atom. The van der Waals surface area contributed by atoms with E-state index in [1.165, 1.54) is 19.3 Å². The van der Waals surface area contributed by atoms with Crippen LogP contribution in [0.15, 0.2) is 0 Å². The molecular weight excluding hydrogens is 162 g/mol. The summed E-state index contributed by atoms with van der Waals surface area (Å²) < 4.78 is 0. The largest absolute Gasteiger partial charge is 0.356 e. The van der Waals surface area contributed by atoms with Gasteiger partial charge in [0.1, 0.15) is 0 Å². The Morgan fingerprint density at radius 2 is 1.92 bits per heavy atom. The molecule has 0 atom stereocenters. The maximum atomic E-state index is 11.6. The summed E-state index contributed by atoms with van der Waals surface area (Å²) in [5.41, 5.74) is 0. The molecule has 1 amide bonds. The van der Waals surface area contributed by atoms with E-state index >= 15 is 0 Å². The maximum absolute atomic E-state index is 11.6. The van der Waals surface area contributed by atoms with Crippen molar-refractivity contribution in [1.82, 2.24) is 5.32 Å². The van der Waals surface area contributed by atoms with Crippen LogP contribution in [0.5, 0.6) is 0 Å². The molecule has 0 bridgehead atoms. The molecule has 1 rings (SSSR count). The van der Waals surface area contributed by atoms with Crippen LogP contribution in [0, 0.1) is 11.8 Å². The van der Waals surface area contributed by atoms with E-state index in [4.69, 9.17) is 0 Å². The molecule has 1 N–H and O–H groups in total. The summed E-state index contributed by atoms with van der Waals surface area (Å²) in [6, 6.07) is 0. The van der Waals surface area contributed by atoms with Gasteiger partial charge in [0.05, 0.1) is 0 Å². The van der Waals surface area contributed by atoms with Gasteiger partial charge in [-0.05, 0) is 18.8 Å². The van der Waals surface area contributed by atoms with Crippen LogP contribution in [0.4, 0.5) is 0 Å². The Bertz CT molecular complexity index is 159. The van der Waals surface area contributed by atoms with Crippen molar-refractivity contribution in [1.29, 1.82) is 0 Å². The van der Waals surface area contributed by atoms with Gasteiger partial charge in [-0.3, -0.25) is 4.79 Å². The van der Waals surface area contributed by atoms with Crippen molar-refractivity contribution >= 4 is 5.91 Å². The van der Waals surface area contributed by atoms with Crippen molar-refractivity contribution in [2.45, 2.75) is 46.0 Å². The highest BCUT2D eigenvalue weighted by Crippen LogP contribution is 2.23. The van der Waals surface area contributed by atoms with E-state index in [9.17, 15) is 4.79 Å². The molecule has 0 aromatic heterocycles. The zero-order valence-corrected chi connectivity index (χ0v) is 8.81. The highest BCUT2D eigenvalue weighted by atomic mass is 16.1. The van der Waals surface area contributed by atoms with Crippen molar-refractivity contribution < 1.29 is 4.79 Å². The van der Waals surface area contributed by atoms with Gasteiger partial charge in [0.25, 0.3) is 0 Å². The SMILES string of the molecule is CC(C)CNC(=O)C1CCCCC1. The highest BCUT2D eigenvalue weighted by Gasteiger charge is 2.20. The van der Waals surface area contributed by atoms with Crippen molar-refractivity contribution in [3.63, 3.8) is 0 Å². The van der Waals surface area contributed by atoms with Gasteiger partial charge in [-0.15, -0.1) is 0 Å². The Labute approximate surface area is 81.1 Å². The molecule has 0 aliphatic heterocycles. The number of nitrogens with one attached hydrogen (secondary N) is 1. The highest BCUT2D eigenvalue weighted by molar-refractivity contribution is 5.78. The molecule has 2 nitrogen and oxygen atoms in total. The molecule has 0 aromatic carbocycles. The molecule has 0 saturated heterocycles. The Hall–Kier alpha value is -0.530. The molecule has 13 heavy (non-hydrogen) atoms. The molecule has 76 valence electrons. The van der Waals surface area contributed by atoms with E-state index < -0.39 is 0 Å². The summed E-state index contributed by atoms with van der Waals surface area (Å²) >= 11 is 0. The molecule has 1 fully saturated rings. The van der Waals surface area contributed by atoms with E-state index in [-0.39, 0.29) is 5.91 Å². The van der Waals surface area contributed by atoms with Gasteiger partial charge in [-0.2, -0.15) is 0 Å². The summed E-state index contributed by atoms with van der Waals surface area (Å²) in [6.45, 7) is 5.08. The predicted molar refractivity (Wildman–Crippen MR) is 54.4 cm³/mol. The van der Waals surface area contributed by atoms with Crippen LogP contribution < -0.4 is 5.32 Å². The van der Waals surface area contributed by atoms with Crippen LogP contribution in [0.25, 0.3) is 0 Å². The summed E-state index contributed by atoms with van der Waals surface area (Å²) in [7, 11) is 0. The summed E-state index contributed by atoms with van der Waals surface area (Å²) in [4.78, 5) is 11.6. The first-order valence-corrected chi connectivity index (χ1v) is 5.48. The quantitative estimate of drug-likeness (QED) is 0.715. The fourth-order valence-corrected chi connectivity index (χ4v) is 1.81. The summed E-state index contributed by atoms with van der Waals surface area (Å²) in [5, 5.41) is 3.01. The zero-order chi connectivity index (χ0) is 9.68. The lowest BCUT2D eigenvalue weighted by Crippen LogP contribution is -2.34. The fraction of sp³-hybridized carbons (Fsp3) is 0.909. The normalized spacial score (nSPS) is 19.0. The van der Waals surface area contributed by atoms with Crippen LogP contribution in [0.1, 0.15) is 46.0 Å². The minimum Gasteiger partial charge on any atom is -0.356 e. The topological polar surface area (TPSA) is 29.1 Å². The lowest BCUT2D eigenvalue weighted by Gasteiger charge is -2.21. The van der Waals surface area contributed by atoms with Crippen molar-refractivity contribution in [2.75, 3.05) is 6.54 Å². The molecule has 0 heterocycles. The molecular formula is C11H21NO. The zero-order valence-electron chi connectivity index (χ0n) is 8.81. The van der Waals surface area contributed by atoms with Gasteiger partial charge >= 0.3 is 0 Å². The standard InChI is InChI=1S/C11H21NO/c1-9(2)8-12-11(13)10-6-4-3-5-7-10/h9-10H,3-8H2,1-2H3,(H,12,13). The maximum Gasteiger partial charge on any atom is 0.223 e. The lowest BCUT2D eigenvalue weighted by atomic mass is 9.88. The van der Waals surface area contributed by atoms with Gasteiger partial charge < -0.3 is 5.32 Å². The van der Waals surface area contributed by atoms with Gasteiger partial charge in [0, 0.05) is 12.5 Å². The molecule has 2 heteroatoms. The Balaban J connectivity index is 2.21. The number of rotatable bonds is 3. The smallest absolute Gasteiger partial charge is 0.223 e. The van der Waals surface area contributed by atoms with Crippen LogP contribution in [-0.4, -0.2) is 12.5 Å². The number of carbonyl (C=O) groups is 1. The average molecular weight is 183 g/mol. The molecule has 0 aromatic rings. The van der Waals surface area contributed by atoms with E-state index in [0.717, 1.165) is 19.4 Å². The van der Waals surface area contributed by atoms with Crippen molar-refractivity contribution in [3.05, 3.63) is 0 Å². The van der Waals surface area contributed by atoms with Gasteiger partial charge in [0.15, 0.2) is 0 Å². The van der Waals surface area contributed by atoms with Crippen LogP contribution in [0.3, 0.4) is 0 Å². The van der Waals surface area contributed by atoms with Crippen LogP contribution >= 0.6 is 0 Å². The molecule has 1 aliphatic carbocycles. The molecule has 0 radical (unpaired) electrons. The molecule has 1 saturated carbocycles. The molecule has 0 spiro atoms. The van der Waals surface area contributed by atoms with E-state index in [1.807, 2.05) is 0 Å². The predicted octanol–water partition coefficient (Wildman–Crippen LogP) is 2.34. The summed E-state index contributed by atoms with van der Waals surface area (Å²) in [5.74, 6) is 1.16. The van der Waals surface area contributed by atoms with E-state index in [2.05, 4.69) is 19.2 Å². The first-order chi connectivity index (χ1) is 6.20. The number of hydrogen-bond acceptors (Lipinski definition) is 1.